The minimum Gasteiger partial charge on any atom is -0.289 e. The third kappa shape index (κ3) is 2.58. The van der Waals surface area contributed by atoms with Crippen molar-refractivity contribution in [2.24, 2.45) is 0 Å². The molecule has 23 heavy (non-hydrogen) atoms. The van der Waals surface area contributed by atoms with Crippen LogP contribution in [0, 0.1) is 11.6 Å². The highest BCUT2D eigenvalue weighted by Crippen LogP contribution is 2.39. The van der Waals surface area contributed by atoms with Crippen LogP contribution in [0.1, 0.15) is 24.8 Å². The molecule has 2 heterocycles. The normalized spacial score (nSPS) is 17.7. The predicted molar refractivity (Wildman–Crippen MR) is 87.6 cm³/mol. The Bertz CT molecular complexity index is 752. The summed E-state index contributed by atoms with van der Waals surface area (Å²) in [6, 6.07) is 13.4. The van der Waals surface area contributed by atoms with Gasteiger partial charge in [0, 0.05) is 17.8 Å². The van der Waals surface area contributed by atoms with E-state index >= 15 is 0 Å². The van der Waals surface area contributed by atoms with Gasteiger partial charge in [0.2, 0.25) is 0 Å². The van der Waals surface area contributed by atoms with Crippen molar-refractivity contribution in [3.05, 3.63) is 71.4 Å². The van der Waals surface area contributed by atoms with E-state index in [0.717, 1.165) is 37.1 Å². The summed E-state index contributed by atoms with van der Waals surface area (Å²) in [5, 5.41) is 4.40. The Hall–Kier alpha value is -2.36. The van der Waals surface area contributed by atoms with E-state index < -0.39 is 0 Å². The molecule has 0 aromatic heterocycles. The number of halogens is 2. The van der Waals surface area contributed by atoms with Crippen molar-refractivity contribution in [2.75, 3.05) is 18.1 Å². The first-order chi connectivity index (χ1) is 11.2. The molecule has 0 spiro atoms. The zero-order chi connectivity index (χ0) is 15.8. The SMILES string of the molecule is Fc1ccc(C2=C3CCCCN3N(c3cccc(F)c3)C2)cc1. The molecule has 1 fully saturated rings. The van der Waals surface area contributed by atoms with Crippen LogP contribution in [-0.2, 0) is 0 Å². The molecule has 1 saturated heterocycles. The number of piperidine rings is 1. The molecule has 0 unspecified atom stereocenters. The predicted octanol–water partition coefficient (Wildman–Crippen LogP) is 4.60. The van der Waals surface area contributed by atoms with Gasteiger partial charge in [-0.1, -0.05) is 18.2 Å². The van der Waals surface area contributed by atoms with E-state index in [1.54, 1.807) is 12.1 Å². The molecule has 0 atom stereocenters. The molecule has 2 nitrogen and oxygen atoms in total. The molecule has 0 aliphatic carbocycles. The van der Waals surface area contributed by atoms with E-state index in [-0.39, 0.29) is 11.6 Å². The maximum atomic E-state index is 13.6. The van der Waals surface area contributed by atoms with E-state index in [9.17, 15) is 8.78 Å². The average Bonchev–Trinajstić information content (AvgIpc) is 2.95. The number of rotatable bonds is 2. The lowest BCUT2D eigenvalue weighted by molar-refractivity contribution is 0.294. The number of hydrogen-bond acceptors (Lipinski definition) is 2. The van der Waals surface area contributed by atoms with Crippen LogP contribution >= 0.6 is 0 Å². The second-order valence-corrected chi connectivity index (χ2v) is 6.05. The smallest absolute Gasteiger partial charge is 0.125 e. The lowest BCUT2D eigenvalue weighted by Crippen LogP contribution is -2.40. The number of fused-ring (bicyclic) bond motifs is 1. The van der Waals surface area contributed by atoms with Crippen molar-refractivity contribution in [3.8, 4) is 0 Å². The van der Waals surface area contributed by atoms with Gasteiger partial charge in [-0.25, -0.2) is 8.78 Å². The van der Waals surface area contributed by atoms with Crippen molar-refractivity contribution < 1.29 is 8.78 Å². The molecule has 0 bridgehead atoms. The van der Waals surface area contributed by atoms with Crippen LogP contribution in [0.2, 0.25) is 0 Å². The summed E-state index contributed by atoms with van der Waals surface area (Å²) in [6.45, 7) is 1.64. The number of nitrogens with zero attached hydrogens (tertiary/aromatic N) is 2. The standard InChI is InChI=1S/C19H18F2N2/c20-15-9-7-14(8-10-15)18-13-23(17-5-3-4-16(21)12-17)22-11-2-1-6-19(18)22/h3-5,7-10,12H,1-2,6,11,13H2. The first-order valence-electron chi connectivity index (χ1n) is 8.01. The molecular weight excluding hydrogens is 294 g/mol. The molecule has 4 rings (SSSR count). The Morgan fingerprint density at radius 1 is 0.826 bits per heavy atom. The summed E-state index contributed by atoms with van der Waals surface area (Å²) in [5.41, 5.74) is 4.41. The van der Waals surface area contributed by atoms with Crippen LogP contribution in [0.3, 0.4) is 0 Å². The summed E-state index contributed by atoms with van der Waals surface area (Å²) in [4.78, 5) is 0. The second kappa shape index (κ2) is 5.69. The Kier molecular flexibility index (Phi) is 3.52. The van der Waals surface area contributed by atoms with Crippen LogP contribution < -0.4 is 5.01 Å². The monoisotopic (exact) mass is 312 g/mol. The fourth-order valence-electron chi connectivity index (χ4n) is 3.49. The minimum atomic E-state index is -0.226. The van der Waals surface area contributed by atoms with Crippen molar-refractivity contribution in [3.63, 3.8) is 0 Å². The zero-order valence-electron chi connectivity index (χ0n) is 12.8. The highest BCUT2D eigenvalue weighted by Gasteiger charge is 2.32. The molecule has 0 N–H and O–H groups in total. The molecule has 2 aliphatic heterocycles. The summed E-state index contributed by atoms with van der Waals surface area (Å²) < 4.78 is 26.8. The van der Waals surface area contributed by atoms with Gasteiger partial charge in [0.25, 0.3) is 0 Å². The van der Waals surface area contributed by atoms with Crippen molar-refractivity contribution in [2.45, 2.75) is 19.3 Å². The van der Waals surface area contributed by atoms with Gasteiger partial charge >= 0.3 is 0 Å². The van der Waals surface area contributed by atoms with Gasteiger partial charge in [-0.15, -0.1) is 0 Å². The van der Waals surface area contributed by atoms with Crippen LogP contribution in [0.4, 0.5) is 14.5 Å². The molecule has 0 radical (unpaired) electrons. The molecule has 0 saturated carbocycles. The zero-order valence-corrected chi connectivity index (χ0v) is 12.8. The first-order valence-corrected chi connectivity index (χ1v) is 8.01. The number of benzene rings is 2. The summed E-state index contributed by atoms with van der Waals surface area (Å²) in [5.74, 6) is -0.448. The van der Waals surface area contributed by atoms with E-state index in [4.69, 9.17) is 0 Å². The summed E-state index contributed by atoms with van der Waals surface area (Å²) >= 11 is 0. The van der Waals surface area contributed by atoms with E-state index in [2.05, 4.69) is 10.0 Å². The van der Waals surface area contributed by atoms with Gasteiger partial charge in [0.05, 0.1) is 12.2 Å². The number of anilines is 1. The summed E-state index contributed by atoms with van der Waals surface area (Å²) in [7, 11) is 0. The van der Waals surface area contributed by atoms with Gasteiger partial charge in [-0.05, 0) is 55.2 Å². The molecule has 2 aromatic rings. The van der Waals surface area contributed by atoms with Gasteiger partial charge in [0.15, 0.2) is 0 Å². The van der Waals surface area contributed by atoms with E-state index in [0.29, 0.717) is 6.54 Å². The molecule has 118 valence electrons. The topological polar surface area (TPSA) is 6.48 Å². The van der Waals surface area contributed by atoms with Crippen LogP contribution in [-0.4, -0.2) is 18.1 Å². The van der Waals surface area contributed by atoms with Gasteiger partial charge in [-0.2, -0.15) is 0 Å². The maximum Gasteiger partial charge on any atom is 0.125 e. The summed E-state index contributed by atoms with van der Waals surface area (Å²) in [6.07, 6.45) is 3.30. The fraction of sp³-hybridized carbons (Fsp3) is 0.263. The number of allylic oxidation sites excluding steroid dienone is 1. The van der Waals surface area contributed by atoms with Gasteiger partial charge < -0.3 is 0 Å². The second-order valence-electron chi connectivity index (χ2n) is 6.05. The Labute approximate surface area is 134 Å². The van der Waals surface area contributed by atoms with Gasteiger partial charge in [0.1, 0.15) is 11.6 Å². The van der Waals surface area contributed by atoms with Crippen molar-refractivity contribution in [1.29, 1.82) is 0 Å². The third-order valence-corrected chi connectivity index (χ3v) is 4.59. The fourth-order valence-corrected chi connectivity index (χ4v) is 3.49. The molecule has 2 aliphatic rings. The molecule has 2 aromatic carbocycles. The molecular formula is C19H18F2N2. The lowest BCUT2D eigenvalue weighted by Gasteiger charge is -2.36. The highest BCUT2D eigenvalue weighted by atomic mass is 19.1. The molecule has 0 amide bonds. The van der Waals surface area contributed by atoms with Gasteiger partial charge in [-0.3, -0.25) is 10.0 Å². The van der Waals surface area contributed by atoms with E-state index in [1.807, 2.05) is 18.2 Å². The Balaban J connectivity index is 1.73. The first kappa shape index (κ1) is 14.2. The van der Waals surface area contributed by atoms with E-state index in [1.165, 1.54) is 29.5 Å². The lowest BCUT2D eigenvalue weighted by atomic mass is 10.00. The Morgan fingerprint density at radius 2 is 1.65 bits per heavy atom. The largest absolute Gasteiger partial charge is 0.289 e. The Morgan fingerprint density at radius 3 is 2.43 bits per heavy atom. The average molecular weight is 312 g/mol. The quantitative estimate of drug-likeness (QED) is 0.800. The van der Waals surface area contributed by atoms with Crippen molar-refractivity contribution in [1.82, 2.24) is 5.01 Å². The van der Waals surface area contributed by atoms with Crippen LogP contribution in [0.15, 0.2) is 54.2 Å². The third-order valence-electron chi connectivity index (χ3n) is 4.59. The minimum absolute atomic E-state index is 0.222. The number of hydrazine groups is 1. The van der Waals surface area contributed by atoms with Crippen LogP contribution in [0.5, 0.6) is 0 Å². The molecule has 4 heteroatoms. The van der Waals surface area contributed by atoms with Crippen molar-refractivity contribution >= 4 is 11.3 Å². The highest BCUT2D eigenvalue weighted by molar-refractivity contribution is 5.76. The number of hydrogen-bond donors (Lipinski definition) is 0. The maximum absolute atomic E-state index is 13.6. The van der Waals surface area contributed by atoms with Crippen LogP contribution in [0.25, 0.3) is 5.57 Å².